The first-order valence-electron chi connectivity index (χ1n) is 9.60. The van der Waals surface area contributed by atoms with Crippen molar-refractivity contribution in [2.45, 2.75) is 13.5 Å². The molecule has 8 nitrogen and oxygen atoms in total. The predicted molar refractivity (Wildman–Crippen MR) is 119 cm³/mol. The van der Waals surface area contributed by atoms with E-state index in [0.29, 0.717) is 34.0 Å². The minimum absolute atomic E-state index is 0.274. The van der Waals surface area contributed by atoms with Crippen molar-refractivity contribution in [3.05, 3.63) is 83.3 Å². The van der Waals surface area contributed by atoms with Crippen LogP contribution in [0.25, 0.3) is 22.3 Å². The number of carbonyl (C=O) groups excluding carboxylic acids is 1. The number of fused-ring (bicyclic) bond motifs is 1. The fourth-order valence-electron chi connectivity index (χ4n) is 3.28. The van der Waals surface area contributed by atoms with Crippen LogP contribution in [-0.2, 0) is 6.54 Å². The third-order valence-electron chi connectivity index (χ3n) is 4.75. The summed E-state index contributed by atoms with van der Waals surface area (Å²) in [7, 11) is 0. The van der Waals surface area contributed by atoms with Gasteiger partial charge in [0.25, 0.3) is 5.91 Å². The van der Waals surface area contributed by atoms with E-state index < -0.39 is 0 Å². The van der Waals surface area contributed by atoms with E-state index in [1.807, 2.05) is 49.4 Å². The van der Waals surface area contributed by atoms with Crippen LogP contribution in [0.3, 0.4) is 0 Å². The quantitative estimate of drug-likeness (QED) is 0.456. The maximum atomic E-state index is 13.1. The first-order chi connectivity index (χ1) is 15.2. The summed E-state index contributed by atoms with van der Waals surface area (Å²) in [6, 6.07) is 15.4. The highest BCUT2D eigenvalue weighted by Crippen LogP contribution is 2.26. The summed E-state index contributed by atoms with van der Waals surface area (Å²) in [6.45, 7) is 2.36. The van der Waals surface area contributed by atoms with E-state index in [2.05, 4.69) is 25.6 Å². The van der Waals surface area contributed by atoms with Crippen LogP contribution in [0.5, 0.6) is 0 Å². The highest BCUT2D eigenvalue weighted by molar-refractivity contribution is 7.15. The molecule has 0 radical (unpaired) electrons. The molecule has 0 saturated carbocycles. The molecular weight excluding hydrogens is 410 g/mol. The summed E-state index contributed by atoms with van der Waals surface area (Å²) in [4.78, 5) is 22.0. The van der Waals surface area contributed by atoms with Crippen LogP contribution in [0.2, 0.25) is 0 Å². The zero-order valence-electron chi connectivity index (χ0n) is 16.6. The number of hydrogen-bond donors (Lipinski definition) is 1. The Kier molecular flexibility index (Phi) is 4.93. The van der Waals surface area contributed by atoms with Crippen molar-refractivity contribution in [1.29, 1.82) is 0 Å². The van der Waals surface area contributed by atoms with Gasteiger partial charge in [0, 0.05) is 18.0 Å². The second-order valence-electron chi connectivity index (χ2n) is 6.90. The van der Waals surface area contributed by atoms with Crippen molar-refractivity contribution in [1.82, 2.24) is 29.9 Å². The van der Waals surface area contributed by atoms with Gasteiger partial charge in [-0.1, -0.05) is 41.7 Å². The Morgan fingerprint density at radius 2 is 1.90 bits per heavy atom. The number of carbonyl (C=O) groups is 1. The molecule has 9 heteroatoms. The smallest absolute Gasteiger partial charge is 0.258 e. The second kappa shape index (κ2) is 8.04. The summed E-state index contributed by atoms with van der Waals surface area (Å²) in [5.74, 6) is -0.274. The summed E-state index contributed by atoms with van der Waals surface area (Å²) in [5, 5.41) is 17.2. The van der Waals surface area contributed by atoms with Crippen LogP contribution in [0.1, 0.15) is 20.9 Å². The van der Waals surface area contributed by atoms with Gasteiger partial charge in [0.1, 0.15) is 5.01 Å². The van der Waals surface area contributed by atoms with Gasteiger partial charge in [0.15, 0.2) is 5.65 Å². The number of anilines is 1. The lowest BCUT2D eigenvalue weighted by Crippen LogP contribution is -2.13. The molecule has 31 heavy (non-hydrogen) atoms. The monoisotopic (exact) mass is 427 g/mol. The van der Waals surface area contributed by atoms with E-state index in [4.69, 9.17) is 4.98 Å². The Labute approximate surface area is 181 Å². The first-order valence-corrected chi connectivity index (χ1v) is 10.4. The van der Waals surface area contributed by atoms with E-state index in [1.54, 1.807) is 29.3 Å². The lowest BCUT2D eigenvalue weighted by atomic mass is 10.1. The molecule has 4 heterocycles. The molecule has 1 aromatic carbocycles. The predicted octanol–water partition coefficient (Wildman–Crippen LogP) is 3.95. The highest BCUT2D eigenvalue weighted by Gasteiger charge is 2.19. The van der Waals surface area contributed by atoms with Crippen LogP contribution in [-0.4, -0.2) is 35.9 Å². The molecule has 0 unspecified atom stereocenters. The Balaban J connectivity index is 1.62. The number of nitrogens with one attached hydrogen (secondary N) is 1. The topological polar surface area (TPSA) is 98.5 Å². The third kappa shape index (κ3) is 3.90. The minimum Gasteiger partial charge on any atom is -0.296 e. The van der Waals surface area contributed by atoms with Gasteiger partial charge in [0.2, 0.25) is 5.13 Å². The SMILES string of the molecule is Cc1nnc(NC(=O)c2cc(-c3ccccc3)nc3c2cnn3Cc2ccncc2)s1. The van der Waals surface area contributed by atoms with Crippen molar-refractivity contribution in [2.75, 3.05) is 5.32 Å². The lowest BCUT2D eigenvalue weighted by molar-refractivity contribution is 0.102. The van der Waals surface area contributed by atoms with Gasteiger partial charge in [0.05, 0.1) is 29.4 Å². The number of hydrogen-bond acceptors (Lipinski definition) is 7. The molecule has 1 amide bonds. The Bertz CT molecular complexity index is 1360. The third-order valence-corrected chi connectivity index (χ3v) is 5.51. The average Bonchev–Trinajstić information content (AvgIpc) is 3.40. The zero-order valence-corrected chi connectivity index (χ0v) is 17.4. The van der Waals surface area contributed by atoms with E-state index >= 15 is 0 Å². The molecule has 0 bridgehead atoms. The largest absolute Gasteiger partial charge is 0.296 e. The first kappa shape index (κ1) is 19.0. The Morgan fingerprint density at radius 1 is 1.10 bits per heavy atom. The lowest BCUT2D eigenvalue weighted by Gasteiger charge is -2.09. The summed E-state index contributed by atoms with van der Waals surface area (Å²) < 4.78 is 1.79. The van der Waals surface area contributed by atoms with Crippen LogP contribution >= 0.6 is 11.3 Å². The maximum absolute atomic E-state index is 13.1. The molecule has 0 saturated heterocycles. The number of amides is 1. The minimum atomic E-state index is -0.274. The zero-order chi connectivity index (χ0) is 21.2. The highest BCUT2D eigenvalue weighted by atomic mass is 32.1. The number of aromatic nitrogens is 6. The van der Waals surface area contributed by atoms with Gasteiger partial charge in [-0.15, -0.1) is 10.2 Å². The molecule has 5 aromatic rings. The van der Waals surface area contributed by atoms with Crippen LogP contribution < -0.4 is 5.32 Å². The summed E-state index contributed by atoms with van der Waals surface area (Å²) in [5.41, 5.74) is 3.78. The van der Waals surface area contributed by atoms with Crippen molar-refractivity contribution in [2.24, 2.45) is 0 Å². The van der Waals surface area contributed by atoms with E-state index in [-0.39, 0.29) is 5.91 Å². The molecule has 0 aliphatic carbocycles. The average molecular weight is 427 g/mol. The van der Waals surface area contributed by atoms with E-state index in [0.717, 1.165) is 16.1 Å². The number of pyridine rings is 2. The normalized spacial score (nSPS) is 11.0. The van der Waals surface area contributed by atoms with Crippen molar-refractivity contribution < 1.29 is 4.79 Å². The fourth-order valence-corrected chi connectivity index (χ4v) is 3.87. The molecule has 0 aliphatic heterocycles. The second-order valence-corrected chi connectivity index (χ2v) is 8.08. The molecule has 4 aromatic heterocycles. The van der Waals surface area contributed by atoms with Crippen LogP contribution in [0.15, 0.2) is 67.1 Å². The van der Waals surface area contributed by atoms with Gasteiger partial charge < -0.3 is 0 Å². The van der Waals surface area contributed by atoms with E-state index in [1.165, 1.54) is 11.3 Å². The van der Waals surface area contributed by atoms with Gasteiger partial charge in [-0.2, -0.15) is 5.10 Å². The molecule has 152 valence electrons. The van der Waals surface area contributed by atoms with Gasteiger partial charge in [-0.25, -0.2) is 9.67 Å². The number of nitrogens with zero attached hydrogens (tertiary/aromatic N) is 6. The van der Waals surface area contributed by atoms with Gasteiger partial charge >= 0.3 is 0 Å². The molecule has 0 fully saturated rings. The number of benzene rings is 1. The Hall–Kier alpha value is -3.98. The van der Waals surface area contributed by atoms with Crippen molar-refractivity contribution >= 4 is 33.4 Å². The fraction of sp³-hybridized carbons (Fsp3) is 0.0909. The van der Waals surface area contributed by atoms with Crippen molar-refractivity contribution in [3.8, 4) is 11.3 Å². The number of rotatable bonds is 5. The van der Waals surface area contributed by atoms with Gasteiger partial charge in [-0.05, 0) is 30.7 Å². The van der Waals surface area contributed by atoms with Crippen molar-refractivity contribution in [3.63, 3.8) is 0 Å². The van der Waals surface area contributed by atoms with E-state index in [9.17, 15) is 4.79 Å². The van der Waals surface area contributed by atoms with Crippen LogP contribution in [0, 0.1) is 6.92 Å². The molecule has 0 aliphatic rings. The summed E-state index contributed by atoms with van der Waals surface area (Å²) in [6.07, 6.45) is 5.16. The molecule has 5 rings (SSSR count). The molecule has 0 spiro atoms. The molecular formula is C22H17N7OS. The molecule has 0 atom stereocenters. The Morgan fingerprint density at radius 3 is 2.65 bits per heavy atom. The maximum Gasteiger partial charge on any atom is 0.258 e. The molecule has 1 N–H and O–H groups in total. The standard InChI is InChI=1S/C22H17N7OS/c1-14-27-28-22(31-14)26-21(30)17-11-19(16-5-3-2-4-6-16)25-20-18(17)12-24-29(20)13-15-7-9-23-10-8-15/h2-12H,13H2,1H3,(H,26,28,30). The van der Waals surface area contributed by atoms with Crippen LogP contribution in [0.4, 0.5) is 5.13 Å². The number of aryl methyl sites for hydroxylation is 1. The van der Waals surface area contributed by atoms with Gasteiger partial charge in [-0.3, -0.25) is 15.1 Å². The summed E-state index contributed by atoms with van der Waals surface area (Å²) >= 11 is 1.33.